The molecule has 3 aliphatic heterocycles. The third kappa shape index (κ3) is 1.60. The first-order valence-corrected chi connectivity index (χ1v) is 11.2. The lowest BCUT2D eigenvalue weighted by Gasteiger charge is -2.38. The molecule has 0 aliphatic carbocycles. The van der Waals surface area contributed by atoms with Crippen LogP contribution in [0.2, 0.25) is 0 Å². The van der Waals surface area contributed by atoms with Crippen LogP contribution in [0.5, 0.6) is 0 Å². The highest BCUT2D eigenvalue weighted by atomic mass is 16.5. The lowest BCUT2D eigenvalue weighted by molar-refractivity contribution is -0.120. The summed E-state index contributed by atoms with van der Waals surface area (Å²) in [6.07, 6.45) is 0.482. The highest BCUT2D eigenvalue weighted by Gasteiger charge is 2.57. The van der Waals surface area contributed by atoms with E-state index in [1.165, 1.54) is 0 Å². The fourth-order valence-electron chi connectivity index (χ4n) is 6.67. The van der Waals surface area contributed by atoms with Gasteiger partial charge >= 0.3 is 0 Å². The van der Waals surface area contributed by atoms with E-state index in [1.54, 1.807) is 0 Å². The first kappa shape index (κ1) is 17.2. The van der Waals surface area contributed by atoms with Gasteiger partial charge in [-0.2, -0.15) is 0 Å². The maximum atomic E-state index is 13.2. The molecule has 32 heavy (non-hydrogen) atoms. The van der Waals surface area contributed by atoms with Crippen molar-refractivity contribution in [1.82, 2.24) is 14.5 Å². The second-order valence-corrected chi connectivity index (χ2v) is 9.90. The van der Waals surface area contributed by atoms with E-state index in [4.69, 9.17) is 10.5 Å². The van der Waals surface area contributed by atoms with Crippen molar-refractivity contribution in [3.8, 4) is 0 Å². The van der Waals surface area contributed by atoms with Crippen LogP contribution in [0.15, 0.2) is 48.5 Å². The molecule has 2 aromatic heterocycles. The fourth-order valence-corrected chi connectivity index (χ4v) is 6.67. The fraction of sp³-hybridized carbons (Fsp3) is 0.269. The monoisotopic (exact) mass is 422 g/mol. The number of ether oxygens (including phenoxy) is 1. The molecule has 6 nitrogen and oxygen atoms in total. The summed E-state index contributed by atoms with van der Waals surface area (Å²) in [6.45, 7) is 4.75. The summed E-state index contributed by atoms with van der Waals surface area (Å²) in [5, 5.41) is 7.50. The van der Waals surface area contributed by atoms with Gasteiger partial charge in [-0.3, -0.25) is 4.79 Å². The molecule has 0 saturated carbocycles. The topological polar surface area (TPSA) is 74.2 Å². The molecular weight excluding hydrogens is 400 g/mol. The first-order chi connectivity index (χ1) is 15.4. The van der Waals surface area contributed by atoms with E-state index in [1.807, 2.05) is 6.07 Å². The molecule has 1 unspecified atom stereocenters. The number of carbonyl (C=O) groups is 1. The molecular formula is C26H22N4O2. The van der Waals surface area contributed by atoms with Crippen LogP contribution in [0.3, 0.4) is 0 Å². The number of aromatic nitrogens is 2. The lowest BCUT2D eigenvalue weighted by atomic mass is 9.88. The third-order valence-corrected chi connectivity index (χ3v) is 8.25. The molecule has 2 bridgehead atoms. The zero-order valence-corrected chi connectivity index (χ0v) is 17.9. The summed E-state index contributed by atoms with van der Waals surface area (Å²) in [6, 6.07) is 16.8. The van der Waals surface area contributed by atoms with E-state index in [0.717, 1.165) is 54.7 Å². The highest BCUT2D eigenvalue weighted by Crippen LogP contribution is 2.56. The van der Waals surface area contributed by atoms with Crippen LogP contribution in [0, 0.1) is 0 Å². The Morgan fingerprint density at radius 3 is 2.47 bits per heavy atom. The number of nitrogens with two attached hydrogens (primary N) is 1. The van der Waals surface area contributed by atoms with E-state index in [0.29, 0.717) is 13.0 Å². The van der Waals surface area contributed by atoms with Crippen molar-refractivity contribution in [3.05, 3.63) is 59.7 Å². The largest absolute Gasteiger partial charge is 0.348 e. The van der Waals surface area contributed by atoms with Gasteiger partial charge in [0.2, 0.25) is 0 Å². The molecule has 6 heteroatoms. The van der Waals surface area contributed by atoms with Crippen molar-refractivity contribution in [2.75, 3.05) is 0 Å². The Bertz CT molecular complexity index is 1710. The predicted molar refractivity (Wildman–Crippen MR) is 125 cm³/mol. The zero-order valence-electron chi connectivity index (χ0n) is 17.9. The quantitative estimate of drug-likeness (QED) is 0.387. The van der Waals surface area contributed by atoms with Gasteiger partial charge in [0, 0.05) is 34.5 Å². The number of nitrogens with zero attached hydrogens (tertiary/aromatic N) is 2. The van der Waals surface area contributed by atoms with Gasteiger partial charge in [0.1, 0.15) is 6.23 Å². The van der Waals surface area contributed by atoms with Gasteiger partial charge in [-0.1, -0.05) is 36.4 Å². The van der Waals surface area contributed by atoms with Crippen LogP contribution in [-0.2, 0) is 17.0 Å². The Morgan fingerprint density at radius 1 is 1.00 bits per heavy atom. The Labute approximate surface area is 183 Å². The van der Waals surface area contributed by atoms with Crippen molar-refractivity contribution in [1.29, 1.82) is 0 Å². The van der Waals surface area contributed by atoms with Crippen LogP contribution in [0.1, 0.15) is 42.4 Å². The van der Waals surface area contributed by atoms with Gasteiger partial charge in [0.05, 0.1) is 33.2 Å². The molecule has 5 aromatic rings. The van der Waals surface area contributed by atoms with Crippen LogP contribution < -0.4 is 11.1 Å². The summed E-state index contributed by atoms with van der Waals surface area (Å²) >= 11 is 0. The molecule has 1 saturated heterocycles. The van der Waals surface area contributed by atoms with Crippen LogP contribution >= 0.6 is 0 Å². The standard InChI is InChI=1S/C26H22N4O2/c1-25(27)11-18-29-16-9-5-3-7-13(16)20-21-15(12-28-24(21)31)19-14-8-4-6-10-17(14)30(23(19)22(20)29)26(25,2)32-18/h3-10,18H,11-12,27H2,1-2H3,(H,28,31)/t18?,25-,26+/m1/s1. The van der Waals surface area contributed by atoms with Crippen molar-refractivity contribution in [2.24, 2.45) is 5.73 Å². The molecule has 0 spiro atoms. The number of hydrogen-bond donors (Lipinski definition) is 2. The van der Waals surface area contributed by atoms with Crippen LogP contribution in [0.4, 0.5) is 0 Å². The Balaban J connectivity index is 1.80. The predicted octanol–water partition coefficient (Wildman–Crippen LogP) is 4.47. The van der Waals surface area contributed by atoms with E-state index in [-0.39, 0.29) is 12.1 Å². The summed E-state index contributed by atoms with van der Waals surface area (Å²) in [5.41, 5.74) is 12.0. The number of nitrogens with one attached hydrogen (secondary N) is 1. The SMILES string of the molecule is C[C@@]1(N)CC2O[C@]1(C)n1c3ccccc3c3c4c(c5c6ccccc6n2c5c31)C(=O)NC4. The molecule has 3 aromatic carbocycles. The lowest BCUT2D eigenvalue weighted by Crippen LogP contribution is -2.54. The molecule has 3 aliphatic rings. The summed E-state index contributed by atoms with van der Waals surface area (Å²) in [7, 11) is 0. The van der Waals surface area contributed by atoms with Crippen molar-refractivity contribution in [2.45, 2.75) is 44.3 Å². The molecule has 0 radical (unpaired) electrons. The number of fused-ring (bicyclic) bond motifs is 13. The van der Waals surface area contributed by atoms with Gasteiger partial charge in [0.25, 0.3) is 5.91 Å². The van der Waals surface area contributed by atoms with Crippen molar-refractivity contribution >= 4 is 49.5 Å². The van der Waals surface area contributed by atoms with E-state index < -0.39 is 11.3 Å². The van der Waals surface area contributed by atoms with Gasteiger partial charge < -0.3 is 24.9 Å². The minimum atomic E-state index is -0.726. The number of hydrogen-bond acceptors (Lipinski definition) is 3. The minimum absolute atomic E-state index is 0.00633. The van der Waals surface area contributed by atoms with Crippen LogP contribution in [-0.4, -0.2) is 20.6 Å². The first-order valence-electron chi connectivity index (χ1n) is 11.2. The average Bonchev–Trinajstić information content (AvgIpc) is 3.45. The third-order valence-electron chi connectivity index (χ3n) is 8.25. The molecule has 5 heterocycles. The second kappa shape index (κ2) is 5.00. The summed E-state index contributed by atoms with van der Waals surface area (Å²) < 4.78 is 11.5. The van der Waals surface area contributed by atoms with Gasteiger partial charge in [0.15, 0.2) is 5.72 Å². The minimum Gasteiger partial charge on any atom is -0.348 e. The molecule has 1 fully saturated rings. The molecule has 8 rings (SSSR count). The molecule has 1 amide bonds. The van der Waals surface area contributed by atoms with Gasteiger partial charge in [-0.25, -0.2) is 0 Å². The van der Waals surface area contributed by atoms with E-state index in [2.05, 4.69) is 70.8 Å². The van der Waals surface area contributed by atoms with E-state index >= 15 is 0 Å². The van der Waals surface area contributed by atoms with Gasteiger partial charge in [-0.05, 0) is 31.5 Å². The van der Waals surface area contributed by atoms with Crippen LogP contribution in [0.25, 0.3) is 43.6 Å². The molecule has 158 valence electrons. The Kier molecular flexibility index (Phi) is 2.69. The normalized spacial score (nSPS) is 28.3. The van der Waals surface area contributed by atoms with Gasteiger partial charge in [-0.15, -0.1) is 0 Å². The van der Waals surface area contributed by atoms with Crippen molar-refractivity contribution < 1.29 is 9.53 Å². The maximum absolute atomic E-state index is 13.2. The number of para-hydroxylation sites is 2. The Hall–Kier alpha value is -3.35. The van der Waals surface area contributed by atoms with E-state index in [9.17, 15) is 4.79 Å². The smallest absolute Gasteiger partial charge is 0.252 e. The number of rotatable bonds is 0. The zero-order chi connectivity index (χ0) is 21.6. The molecule has 3 N–H and O–H groups in total. The van der Waals surface area contributed by atoms with Crippen molar-refractivity contribution in [3.63, 3.8) is 0 Å². The summed E-state index contributed by atoms with van der Waals surface area (Å²) in [5.74, 6) is 0.00633. The number of benzene rings is 3. The second-order valence-electron chi connectivity index (χ2n) is 9.90. The number of carbonyl (C=O) groups excluding carboxylic acids is 1. The average molecular weight is 422 g/mol. The molecule has 3 atom stereocenters. The summed E-state index contributed by atoms with van der Waals surface area (Å²) in [4.78, 5) is 13.2. The number of amides is 1. The highest BCUT2D eigenvalue weighted by molar-refractivity contribution is 6.31. The maximum Gasteiger partial charge on any atom is 0.252 e. The Morgan fingerprint density at radius 2 is 1.69 bits per heavy atom.